The molecular formula is C20H27N5O5. The van der Waals surface area contributed by atoms with Gasteiger partial charge in [-0.1, -0.05) is 25.5 Å². The number of carbonyl (C=O) groups is 3. The van der Waals surface area contributed by atoms with E-state index in [1.54, 1.807) is 12.1 Å². The summed E-state index contributed by atoms with van der Waals surface area (Å²) in [6.07, 6.45) is 1.56. The van der Waals surface area contributed by atoms with Crippen LogP contribution in [0.25, 0.3) is 0 Å². The van der Waals surface area contributed by atoms with E-state index in [0.29, 0.717) is 18.5 Å². The zero-order chi connectivity index (χ0) is 22.1. The predicted octanol–water partition coefficient (Wildman–Crippen LogP) is 0.0960. The van der Waals surface area contributed by atoms with Crippen molar-refractivity contribution in [3.63, 3.8) is 0 Å². The summed E-state index contributed by atoms with van der Waals surface area (Å²) < 4.78 is 0. The lowest BCUT2D eigenvalue weighted by atomic mass is 9.99. The third kappa shape index (κ3) is 6.52. The highest BCUT2D eigenvalue weighted by atomic mass is 16.7. The van der Waals surface area contributed by atoms with E-state index in [9.17, 15) is 14.4 Å². The molecule has 1 aromatic carbocycles. The number of benzene rings is 1. The number of hydroxylamine groups is 1. The van der Waals surface area contributed by atoms with Crippen molar-refractivity contribution in [2.24, 2.45) is 5.73 Å². The van der Waals surface area contributed by atoms with E-state index in [-0.39, 0.29) is 12.5 Å². The minimum Gasteiger partial charge on any atom is -0.480 e. The van der Waals surface area contributed by atoms with E-state index in [0.717, 1.165) is 18.4 Å². The van der Waals surface area contributed by atoms with E-state index in [4.69, 9.17) is 20.9 Å². The standard InChI is InChI=1S/C20H27N5O5/c1-2-3-8-23-19(27)18(17(22)20(28)29)24-16(26)10-14-9-15(25-30-14)13-6-4-12(11-21)5-7-13/h4-7,14-15,17-18,25H,2-3,8-10,22H2,1H3,(H,23,27)(H,24,26)(H,28,29)/t14-,15+,17?,18?/m1/s1. The number of nitriles is 1. The van der Waals surface area contributed by atoms with Crippen LogP contribution in [0.4, 0.5) is 0 Å². The number of nitrogens with one attached hydrogen (secondary N) is 3. The molecule has 0 spiro atoms. The normalized spacial score (nSPS) is 20.0. The highest BCUT2D eigenvalue weighted by Crippen LogP contribution is 2.27. The topological polar surface area (TPSA) is 167 Å². The average molecular weight is 417 g/mol. The van der Waals surface area contributed by atoms with E-state index in [2.05, 4.69) is 22.2 Å². The van der Waals surface area contributed by atoms with Crippen molar-refractivity contribution < 1.29 is 24.3 Å². The van der Waals surface area contributed by atoms with Gasteiger partial charge in [0.15, 0.2) is 0 Å². The molecule has 1 saturated heterocycles. The van der Waals surface area contributed by atoms with Crippen molar-refractivity contribution in [3.05, 3.63) is 35.4 Å². The van der Waals surface area contributed by atoms with Crippen LogP contribution in [0.15, 0.2) is 24.3 Å². The lowest BCUT2D eigenvalue weighted by molar-refractivity contribution is -0.142. The second-order valence-electron chi connectivity index (χ2n) is 7.14. The summed E-state index contributed by atoms with van der Waals surface area (Å²) in [5, 5.41) is 23.0. The fourth-order valence-electron chi connectivity index (χ4n) is 3.06. The number of carbonyl (C=O) groups excluding carboxylic acids is 2. The first kappa shape index (κ1) is 23.3. The fourth-order valence-corrected chi connectivity index (χ4v) is 3.06. The molecule has 162 valence electrons. The zero-order valence-electron chi connectivity index (χ0n) is 16.8. The number of hydrogen-bond donors (Lipinski definition) is 5. The van der Waals surface area contributed by atoms with Crippen molar-refractivity contribution in [1.29, 1.82) is 5.26 Å². The zero-order valence-corrected chi connectivity index (χ0v) is 16.8. The van der Waals surface area contributed by atoms with Crippen LogP contribution in [-0.4, -0.2) is 47.6 Å². The monoisotopic (exact) mass is 417 g/mol. The molecule has 1 aliphatic heterocycles. The van der Waals surface area contributed by atoms with Crippen LogP contribution < -0.4 is 21.8 Å². The molecule has 6 N–H and O–H groups in total. The lowest BCUT2D eigenvalue weighted by Gasteiger charge is -2.22. The molecule has 10 nitrogen and oxygen atoms in total. The Hall–Kier alpha value is -3.00. The summed E-state index contributed by atoms with van der Waals surface area (Å²) in [7, 11) is 0. The Morgan fingerprint density at radius 3 is 2.67 bits per heavy atom. The number of carboxylic acids is 1. The second kappa shape index (κ2) is 11.3. The van der Waals surface area contributed by atoms with Gasteiger partial charge in [-0.05, 0) is 30.5 Å². The van der Waals surface area contributed by atoms with E-state index < -0.39 is 36.0 Å². The van der Waals surface area contributed by atoms with Gasteiger partial charge in [0, 0.05) is 6.54 Å². The van der Waals surface area contributed by atoms with Gasteiger partial charge in [-0.15, -0.1) is 0 Å². The first-order chi connectivity index (χ1) is 14.3. The molecule has 1 fully saturated rings. The average Bonchev–Trinajstić information content (AvgIpc) is 3.19. The van der Waals surface area contributed by atoms with Crippen LogP contribution in [0.5, 0.6) is 0 Å². The van der Waals surface area contributed by atoms with Crippen LogP contribution in [0.3, 0.4) is 0 Å². The molecule has 2 unspecified atom stereocenters. The Bertz CT molecular complexity index is 792. The minimum atomic E-state index is -1.57. The van der Waals surface area contributed by atoms with E-state index in [1.807, 2.05) is 19.1 Å². The molecule has 1 aliphatic rings. The van der Waals surface area contributed by atoms with Crippen LogP contribution >= 0.6 is 0 Å². The lowest BCUT2D eigenvalue weighted by Crippen LogP contribution is -2.59. The van der Waals surface area contributed by atoms with E-state index >= 15 is 0 Å². The van der Waals surface area contributed by atoms with Crippen LogP contribution in [0.1, 0.15) is 49.8 Å². The van der Waals surface area contributed by atoms with Gasteiger partial charge >= 0.3 is 5.97 Å². The van der Waals surface area contributed by atoms with Crippen molar-refractivity contribution in [3.8, 4) is 6.07 Å². The van der Waals surface area contributed by atoms with Gasteiger partial charge in [-0.3, -0.25) is 19.2 Å². The van der Waals surface area contributed by atoms with Gasteiger partial charge in [0.1, 0.15) is 12.1 Å². The maximum atomic E-state index is 12.4. The largest absolute Gasteiger partial charge is 0.480 e. The van der Waals surface area contributed by atoms with Crippen molar-refractivity contribution in [2.45, 2.75) is 56.8 Å². The molecule has 0 aliphatic carbocycles. The number of nitrogens with zero attached hydrogens (tertiary/aromatic N) is 1. The maximum absolute atomic E-state index is 12.4. The van der Waals surface area contributed by atoms with E-state index in [1.165, 1.54) is 0 Å². The Balaban J connectivity index is 1.92. The molecule has 0 saturated carbocycles. The summed E-state index contributed by atoms with van der Waals surface area (Å²) >= 11 is 0. The Kier molecular flexibility index (Phi) is 8.73. The molecule has 4 atom stereocenters. The van der Waals surface area contributed by atoms with Gasteiger partial charge in [0.2, 0.25) is 11.8 Å². The van der Waals surface area contributed by atoms with Gasteiger partial charge in [-0.25, -0.2) is 0 Å². The van der Waals surface area contributed by atoms with Crippen molar-refractivity contribution >= 4 is 17.8 Å². The van der Waals surface area contributed by atoms with Gasteiger partial charge < -0.3 is 21.5 Å². The number of hydrogen-bond acceptors (Lipinski definition) is 7. The number of unbranched alkanes of at least 4 members (excludes halogenated alkanes) is 1. The SMILES string of the molecule is CCCCNC(=O)C(NC(=O)C[C@H]1C[C@@H](c2ccc(C#N)cc2)NO1)C(N)C(=O)O. The van der Waals surface area contributed by atoms with Gasteiger partial charge in [-0.2, -0.15) is 10.7 Å². The Morgan fingerprint density at radius 2 is 2.07 bits per heavy atom. The molecule has 1 heterocycles. The van der Waals surface area contributed by atoms with Crippen LogP contribution in [0.2, 0.25) is 0 Å². The first-order valence-corrected chi connectivity index (χ1v) is 9.82. The molecule has 30 heavy (non-hydrogen) atoms. The molecule has 2 rings (SSSR count). The highest BCUT2D eigenvalue weighted by Gasteiger charge is 2.34. The molecule has 1 aromatic rings. The van der Waals surface area contributed by atoms with Crippen molar-refractivity contribution in [1.82, 2.24) is 16.1 Å². The minimum absolute atomic E-state index is 0.0646. The molecule has 2 amide bonds. The van der Waals surface area contributed by atoms with Gasteiger partial charge in [0.25, 0.3) is 0 Å². The van der Waals surface area contributed by atoms with Crippen LogP contribution in [0, 0.1) is 11.3 Å². The van der Waals surface area contributed by atoms with Crippen LogP contribution in [-0.2, 0) is 19.2 Å². The Morgan fingerprint density at radius 1 is 1.37 bits per heavy atom. The number of aliphatic carboxylic acids is 1. The Labute approximate surface area is 174 Å². The third-order valence-corrected chi connectivity index (χ3v) is 4.80. The number of carboxylic acid groups (broad SMARTS) is 1. The maximum Gasteiger partial charge on any atom is 0.323 e. The van der Waals surface area contributed by atoms with Crippen molar-refractivity contribution in [2.75, 3.05) is 6.54 Å². The molecule has 0 aromatic heterocycles. The fraction of sp³-hybridized carbons (Fsp3) is 0.500. The smallest absolute Gasteiger partial charge is 0.323 e. The second-order valence-corrected chi connectivity index (χ2v) is 7.14. The number of nitrogens with two attached hydrogens (primary N) is 1. The summed E-state index contributed by atoms with van der Waals surface area (Å²) in [4.78, 5) is 41.4. The number of amides is 2. The molecule has 0 bridgehead atoms. The summed E-state index contributed by atoms with van der Waals surface area (Å²) in [5.41, 5.74) is 9.92. The molecule has 0 radical (unpaired) electrons. The highest BCUT2D eigenvalue weighted by molar-refractivity contribution is 5.93. The predicted molar refractivity (Wildman–Crippen MR) is 107 cm³/mol. The summed E-state index contributed by atoms with van der Waals surface area (Å²) in [6, 6.07) is 5.98. The summed E-state index contributed by atoms with van der Waals surface area (Å²) in [5.74, 6) is -2.55. The quantitative estimate of drug-likeness (QED) is 0.334. The first-order valence-electron chi connectivity index (χ1n) is 9.82. The molecule has 10 heteroatoms. The summed E-state index contributed by atoms with van der Waals surface area (Å²) in [6.45, 7) is 2.32. The molecular weight excluding hydrogens is 390 g/mol. The number of rotatable bonds is 10. The van der Waals surface area contributed by atoms with Gasteiger partial charge in [0.05, 0.1) is 30.2 Å². The third-order valence-electron chi connectivity index (χ3n) is 4.80.